The van der Waals surface area contributed by atoms with Gasteiger partial charge in [0.05, 0.1) is 0 Å². The lowest BCUT2D eigenvalue weighted by Gasteiger charge is -2.19. The molecule has 0 radical (unpaired) electrons. The molecular formula is C14H13F2N. The highest BCUT2D eigenvalue weighted by atomic mass is 19.2. The van der Waals surface area contributed by atoms with Crippen molar-refractivity contribution in [3.05, 3.63) is 65.7 Å². The quantitative estimate of drug-likeness (QED) is 0.783. The van der Waals surface area contributed by atoms with Crippen LogP contribution in [0.25, 0.3) is 0 Å². The van der Waals surface area contributed by atoms with Crippen LogP contribution in [0.2, 0.25) is 0 Å². The van der Waals surface area contributed by atoms with Crippen molar-refractivity contribution in [3.63, 3.8) is 0 Å². The molecule has 0 atom stereocenters. The summed E-state index contributed by atoms with van der Waals surface area (Å²) in [5, 5.41) is 0. The molecule has 0 amide bonds. The Morgan fingerprint density at radius 2 is 1.65 bits per heavy atom. The van der Waals surface area contributed by atoms with Crippen molar-refractivity contribution < 1.29 is 8.78 Å². The largest absolute Gasteiger partial charge is 0.370 e. The molecule has 3 heteroatoms. The first kappa shape index (κ1) is 11.6. The van der Waals surface area contributed by atoms with Crippen LogP contribution >= 0.6 is 0 Å². The molecule has 2 rings (SSSR count). The first-order valence-corrected chi connectivity index (χ1v) is 5.37. The van der Waals surface area contributed by atoms with Gasteiger partial charge in [-0.15, -0.1) is 0 Å². The Hall–Kier alpha value is -1.90. The number of halogens is 2. The maximum atomic E-state index is 13.0. The van der Waals surface area contributed by atoms with Gasteiger partial charge in [-0.1, -0.05) is 24.3 Å². The van der Waals surface area contributed by atoms with Crippen LogP contribution in [0.4, 0.5) is 14.5 Å². The van der Waals surface area contributed by atoms with E-state index in [2.05, 4.69) is 0 Å². The average molecular weight is 233 g/mol. The zero-order chi connectivity index (χ0) is 12.3. The Bertz CT molecular complexity index is 497. The van der Waals surface area contributed by atoms with Crippen molar-refractivity contribution in [2.75, 3.05) is 11.9 Å². The normalized spacial score (nSPS) is 10.3. The molecule has 0 aliphatic rings. The van der Waals surface area contributed by atoms with Crippen molar-refractivity contribution in [3.8, 4) is 0 Å². The SMILES string of the molecule is CN(Cc1ccc(F)c(F)c1)c1ccccc1. The highest BCUT2D eigenvalue weighted by Crippen LogP contribution is 2.16. The van der Waals surface area contributed by atoms with E-state index in [1.807, 2.05) is 42.3 Å². The van der Waals surface area contributed by atoms with Gasteiger partial charge >= 0.3 is 0 Å². The standard InChI is InChI=1S/C14H13F2N/c1-17(12-5-3-2-4-6-12)10-11-7-8-13(15)14(16)9-11/h2-9H,10H2,1H3. The minimum Gasteiger partial charge on any atom is -0.370 e. The lowest BCUT2D eigenvalue weighted by atomic mass is 10.2. The molecule has 0 bridgehead atoms. The van der Waals surface area contributed by atoms with Crippen LogP contribution in [0, 0.1) is 11.6 Å². The van der Waals surface area contributed by atoms with E-state index in [0.29, 0.717) is 6.54 Å². The summed E-state index contributed by atoms with van der Waals surface area (Å²) in [6, 6.07) is 13.7. The van der Waals surface area contributed by atoms with Gasteiger partial charge in [-0.05, 0) is 29.8 Å². The van der Waals surface area contributed by atoms with Crippen molar-refractivity contribution in [2.24, 2.45) is 0 Å². The van der Waals surface area contributed by atoms with E-state index in [-0.39, 0.29) is 0 Å². The van der Waals surface area contributed by atoms with Crippen molar-refractivity contribution in [1.29, 1.82) is 0 Å². The van der Waals surface area contributed by atoms with E-state index in [1.54, 1.807) is 6.07 Å². The number of benzene rings is 2. The third-order valence-electron chi connectivity index (χ3n) is 2.60. The van der Waals surface area contributed by atoms with E-state index >= 15 is 0 Å². The van der Waals surface area contributed by atoms with Gasteiger partial charge in [0.25, 0.3) is 0 Å². The van der Waals surface area contributed by atoms with Gasteiger partial charge in [-0.25, -0.2) is 8.78 Å². The smallest absolute Gasteiger partial charge is 0.159 e. The third kappa shape index (κ3) is 2.81. The van der Waals surface area contributed by atoms with Crippen LogP contribution in [0.15, 0.2) is 48.5 Å². The summed E-state index contributed by atoms with van der Waals surface area (Å²) in [4.78, 5) is 1.98. The summed E-state index contributed by atoms with van der Waals surface area (Å²) in [7, 11) is 1.91. The Labute approximate surface area is 99.3 Å². The molecule has 0 aromatic heterocycles. The average Bonchev–Trinajstić information content (AvgIpc) is 2.35. The van der Waals surface area contributed by atoms with E-state index in [9.17, 15) is 8.78 Å². The van der Waals surface area contributed by atoms with Gasteiger partial charge < -0.3 is 4.90 Å². The first-order chi connectivity index (χ1) is 8.16. The van der Waals surface area contributed by atoms with Gasteiger partial charge in [0.1, 0.15) is 0 Å². The molecule has 0 spiro atoms. The summed E-state index contributed by atoms with van der Waals surface area (Å²) in [5.74, 6) is -1.61. The molecule has 0 saturated heterocycles. The number of hydrogen-bond donors (Lipinski definition) is 0. The van der Waals surface area contributed by atoms with Crippen LogP contribution in [0.3, 0.4) is 0 Å². The Kier molecular flexibility index (Phi) is 3.38. The Morgan fingerprint density at radius 3 is 2.29 bits per heavy atom. The number of para-hydroxylation sites is 1. The van der Waals surface area contributed by atoms with E-state index < -0.39 is 11.6 Å². The summed E-state index contributed by atoms with van der Waals surface area (Å²) in [6.07, 6.45) is 0. The Balaban J connectivity index is 2.13. The maximum absolute atomic E-state index is 13.0. The highest BCUT2D eigenvalue weighted by molar-refractivity contribution is 5.45. The van der Waals surface area contributed by atoms with Gasteiger partial charge in [-0.3, -0.25) is 0 Å². The molecule has 0 fully saturated rings. The molecule has 0 saturated carbocycles. The van der Waals surface area contributed by atoms with E-state index in [0.717, 1.165) is 17.3 Å². The fraction of sp³-hybridized carbons (Fsp3) is 0.143. The predicted octanol–water partition coefficient (Wildman–Crippen LogP) is 3.60. The van der Waals surface area contributed by atoms with Crippen LogP contribution in [0.1, 0.15) is 5.56 Å². The van der Waals surface area contributed by atoms with Crippen LogP contribution in [-0.2, 0) is 6.54 Å². The number of anilines is 1. The first-order valence-electron chi connectivity index (χ1n) is 5.37. The molecule has 0 aliphatic heterocycles. The topological polar surface area (TPSA) is 3.24 Å². The molecule has 0 heterocycles. The number of nitrogens with zero attached hydrogens (tertiary/aromatic N) is 1. The molecule has 88 valence electrons. The molecule has 17 heavy (non-hydrogen) atoms. The third-order valence-corrected chi connectivity index (χ3v) is 2.60. The summed E-state index contributed by atoms with van der Waals surface area (Å²) in [6.45, 7) is 0.543. The second kappa shape index (κ2) is 4.95. The molecule has 0 unspecified atom stereocenters. The zero-order valence-corrected chi connectivity index (χ0v) is 9.53. The molecular weight excluding hydrogens is 220 g/mol. The minimum atomic E-state index is -0.809. The minimum absolute atomic E-state index is 0.543. The monoisotopic (exact) mass is 233 g/mol. The molecule has 0 N–H and O–H groups in total. The lowest BCUT2D eigenvalue weighted by molar-refractivity contribution is 0.507. The highest BCUT2D eigenvalue weighted by Gasteiger charge is 2.05. The second-order valence-electron chi connectivity index (χ2n) is 3.94. The van der Waals surface area contributed by atoms with Crippen molar-refractivity contribution in [2.45, 2.75) is 6.54 Å². The summed E-state index contributed by atoms with van der Waals surface area (Å²) < 4.78 is 25.8. The summed E-state index contributed by atoms with van der Waals surface area (Å²) >= 11 is 0. The molecule has 0 aliphatic carbocycles. The number of hydrogen-bond acceptors (Lipinski definition) is 1. The van der Waals surface area contributed by atoms with E-state index in [1.165, 1.54) is 6.07 Å². The lowest BCUT2D eigenvalue weighted by Crippen LogP contribution is -2.16. The molecule has 1 nitrogen and oxygen atoms in total. The van der Waals surface area contributed by atoms with Crippen LogP contribution in [0.5, 0.6) is 0 Å². The van der Waals surface area contributed by atoms with Crippen LogP contribution < -0.4 is 4.90 Å². The van der Waals surface area contributed by atoms with Crippen molar-refractivity contribution >= 4 is 5.69 Å². The fourth-order valence-electron chi connectivity index (χ4n) is 1.69. The van der Waals surface area contributed by atoms with Gasteiger partial charge in [0.2, 0.25) is 0 Å². The maximum Gasteiger partial charge on any atom is 0.159 e. The van der Waals surface area contributed by atoms with Crippen LogP contribution in [-0.4, -0.2) is 7.05 Å². The van der Waals surface area contributed by atoms with E-state index in [4.69, 9.17) is 0 Å². The van der Waals surface area contributed by atoms with Gasteiger partial charge in [0.15, 0.2) is 11.6 Å². The fourth-order valence-corrected chi connectivity index (χ4v) is 1.69. The van der Waals surface area contributed by atoms with Gasteiger partial charge in [0, 0.05) is 19.3 Å². The van der Waals surface area contributed by atoms with Gasteiger partial charge in [-0.2, -0.15) is 0 Å². The molecule has 2 aromatic carbocycles. The number of rotatable bonds is 3. The predicted molar refractivity (Wildman–Crippen MR) is 64.9 cm³/mol. The molecule has 2 aromatic rings. The Morgan fingerprint density at radius 1 is 0.941 bits per heavy atom. The zero-order valence-electron chi connectivity index (χ0n) is 9.53. The summed E-state index contributed by atoms with van der Waals surface area (Å²) in [5.41, 5.74) is 1.78. The van der Waals surface area contributed by atoms with Crippen molar-refractivity contribution in [1.82, 2.24) is 0 Å². The second-order valence-corrected chi connectivity index (χ2v) is 3.94.